The Bertz CT molecular complexity index is 130. The lowest BCUT2D eigenvalue weighted by molar-refractivity contribution is 0.121. The first kappa shape index (κ1) is 6.62. The molecule has 0 N–H and O–H groups in total. The van der Waals surface area contributed by atoms with Gasteiger partial charge in [0.1, 0.15) is 5.60 Å². The van der Waals surface area contributed by atoms with Crippen molar-refractivity contribution in [2.75, 3.05) is 26.7 Å². The summed E-state index contributed by atoms with van der Waals surface area (Å²) in [4.78, 5) is 2.38. The van der Waals surface area contributed by atoms with E-state index in [-0.39, 0.29) is 0 Å². The minimum Gasteiger partial charge on any atom is -0.368 e. The van der Waals surface area contributed by atoms with E-state index in [0.717, 1.165) is 19.1 Å². The van der Waals surface area contributed by atoms with E-state index in [1.54, 1.807) is 0 Å². The summed E-state index contributed by atoms with van der Waals surface area (Å²) in [6.07, 6.45) is 1.28. The summed E-state index contributed by atoms with van der Waals surface area (Å²) in [5.41, 5.74) is 0.298. The molecule has 0 bridgehead atoms. The molecule has 0 unspecified atom stereocenters. The molecular weight excluding hydrogens is 126 g/mol. The number of epoxide rings is 1. The molecular formula is C8H15NO. The molecule has 2 nitrogen and oxygen atoms in total. The third kappa shape index (κ3) is 1.06. The molecule has 2 fully saturated rings. The molecule has 0 saturated carbocycles. The highest BCUT2D eigenvalue weighted by atomic mass is 16.6. The summed E-state index contributed by atoms with van der Waals surface area (Å²) in [7, 11) is 2.18. The summed E-state index contributed by atoms with van der Waals surface area (Å²) in [5, 5.41) is 0. The Morgan fingerprint density at radius 1 is 1.60 bits per heavy atom. The summed E-state index contributed by atoms with van der Waals surface area (Å²) >= 11 is 0. The quantitative estimate of drug-likeness (QED) is 0.462. The van der Waals surface area contributed by atoms with Crippen LogP contribution in [-0.2, 0) is 4.74 Å². The van der Waals surface area contributed by atoms with Gasteiger partial charge < -0.3 is 9.64 Å². The Morgan fingerprint density at radius 2 is 2.30 bits per heavy atom. The van der Waals surface area contributed by atoms with Crippen molar-refractivity contribution in [2.24, 2.45) is 5.92 Å². The van der Waals surface area contributed by atoms with Crippen LogP contribution >= 0.6 is 0 Å². The molecule has 0 aromatic rings. The van der Waals surface area contributed by atoms with Gasteiger partial charge in [0.05, 0.1) is 6.61 Å². The Labute approximate surface area is 62.2 Å². The number of likely N-dealkylation sites (N-methyl/N-ethyl adjacent to an activating group) is 1. The maximum absolute atomic E-state index is 5.44. The van der Waals surface area contributed by atoms with Crippen molar-refractivity contribution >= 4 is 0 Å². The molecule has 2 heteroatoms. The molecule has 2 aliphatic heterocycles. The number of rotatable bonds is 0. The molecule has 0 aromatic carbocycles. The van der Waals surface area contributed by atoms with Crippen molar-refractivity contribution in [2.45, 2.75) is 18.9 Å². The number of likely N-dealkylation sites (tertiary alicyclic amines) is 1. The van der Waals surface area contributed by atoms with Crippen LogP contribution in [0.3, 0.4) is 0 Å². The average Bonchev–Trinajstić information content (AvgIpc) is 2.44. The lowest BCUT2D eigenvalue weighted by atomic mass is 9.91. The number of hydrogen-bond donors (Lipinski definition) is 0. The van der Waals surface area contributed by atoms with Gasteiger partial charge in [-0.2, -0.15) is 0 Å². The monoisotopic (exact) mass is 141 g/mol. The minimum atomic E-state index is 0.298. The highest BCUT2D eigenvalue weighted by Gasteiger charge is 2.48. The van der Waals surface area contributed by atoms with Crippen LogP contribution in [0.5, 0.6) is 0 Å². The molecule has 0 aromatic heterocycles. The van der Waals surface area contributed by atoms with Gasteiger partial charge in [-0.15, -0.1) is 0 Å². The molecule has 0 aliphatic carbocycles. The summed E-state index contributed by atoms with van der Waals surface area (Å²) in [6.45, 7) is 5.70. The van der Waals surface area contributed by atoms with Crippen molar-refractivity contribution in [3.05, 3.63) is 0 Å². The second-order valence-electron chi connectivity index (χ2n) is 3.98. The molecule has 2 atom stereocenters. The number of hydrogen-bond acceptors (Lipinski definition) is 2. The van der Waals surface area contributed by atoms with E-state index >= 15 is 0 Å². The summed E-state index contributed by atoms with van der Waals surface area (Å²) in [6, 6.07) is 0. The largest absolute Gasteiger partial charge is 0.368 e. The Hall–Kier alpha value is -0.0800. The molecule has 0 amide bonds. The maximum atomic E-state index is 5.44. The van der Waals surface area contributed by atoms with E-state index < -0.39 is 0 Å². The zero-order valence-corrected chi connectivity index (χ0v) is 6.76. The molecule has 1 spiro atoms. The molecule has 10 heavy (non-hydrogen) atoms. The third-order valence-corrected chi connectivity index (χ3v) is 2.45. The zero-order valence-electron chi connectivity index (χ0n) is 6.76. The fourth-order valence-corrected chi connectivity index (χ4v) is 2.16. The van der Waals surface area contributed by atoms with Crippen LogP contribution in [0, 0.1) is 5.92 Å². The molecule has 0 radical (unpaired) electrons. The van der Waals surface area contributed by atoms with Crippen molar-refractivity contribution in [1.29, 1.82) is 0 Å². The van der Waals surface area contributed by atoms with E-state index in [9.17, 15) is 0 Å². The normalized spacial score (nSPS) is 48.0. The average molecular weight is 141 g/mol. The van der Waals surface area contributed by atoms with E-state index in [0.29, 0.717) is 5.60 Å². The molecule has 2 aliphatic rings. The van der Waals surface area contributed by atoms with Crippen LogP contribution in [0.4, 0.5) is 0 Å². The standard InChI is InChI=1S/C8H15NO/c1-7-3-8(6-10-8)5-9(2)4-7/h7H,3-6H2,1-2H3/t7-,8+/m0/s1. The van der Waals surface area contributed by atoms with Crippen molar-refractivity contribution in [3.63, 3.8) is 0 Å². The topological polar surface area (TPSA) is 15.8 Å². The predicted octanol–water partition coefficient (Wildman–Crippen LogP) is 0.727. The SMILES string of the molecule is C[C@@H]1CN(C)C[C@@]2(CO2)C1. The Morgan fingerprint density at radius 3 is 2.80 bits per heavy atom. The highest BCUT2D eigenvalue weighted by Crippen LogP contribution is 2.37. The van der Waals surface area contributed by atoms with E-state index in [4.69, 9.17) is 4.74 Å². The number of nitrogens with zero attached hydrogens (tertiary/aromatic N) is 1. The van der Waals surface area contributed by atoms with Crippen LogP contribution in [0.2, 0.25) is 0 Å². The lowest BCUT2D eigenvalue weighted by Gasteiger charge is -2.31. The van der Waals surface area contributed by atoms with Gasteiger partial charge in [-0.3, -0.25) is 0 Å². The van der Waals surface area contributed by atoms with Crippen LogP contribution < -0.4 is 0 Å². The highest BCUT2D eigenvalue weighted by molar-refractivity contribution is 4.98. The first-order valence-electron chi connectivity index (χ1n) is 4.03. The maximum Gasteiger partial charge on any atom is 0.104 e. The fourth-order valence-electron chi connectivity index (χ4n) is 2.16. The van der Waals surface area contributed by atoms with E-state index in [1.807, 2.05) is 0 Å². The second-order valence-corrected chi connectivity index (χ2v) is 3.98. The summed E-state index contributed by atoms with van der Waals surface area (Å²) in [5.74, 6) is 0.821. The minimum absolute atomic E-state index is 0.298. The van der Waals surface area contributed by atoms with Gasteiger partial charge in [-0.05, 0) is 19.4 Å². The van der Waals surface area contributed by atoms with Gasteiger partial charge in [0, 0.05) is 13.1 Å². The first-order chi connectivity index (χ1) is 4.70. The van der Waals surface area contributed by atoms with Gasteiger partial charge in [-0.25, -0.2) is 0 Å². The Kier molecular flexibility index (Phi) is 1.29. The first-order valence-corrected chi connectivity index (χ1v) is 4.03. The van der Waals surface area contributed by atoms with Crippen LogP contribution in [0.15, 0.2) is 0 Å². The smallest absolute Gasteiger partial charge is 0.104 e. The van der Waals surface area contributed by atoms with E-state index in [2.05, 4.69) is 18.9 Å². The van der Waals surface area contributed by atoms with Gasteiger partial charge in [0.15, 0.2) is 0 Å². The van der Waals surface area contributed by atoms with Gasteiger partial charge >= 0.3 is 0 Å². The van der Waals surface area contributed by atoms with Crippen molar-refractivity contribution in [1.82, 2.24) is 4.90 Å². The van der Waals surface area contributed by atoms with Crippen LogP contribution in [-0.4, -0.2) is 37.2 Å². The zero-order chi connectivity index (χ0) is 7.19. The fraction of sp³-hybridized carbons (Fsp3) is 1.00. The third-order valence-electron chi connectivity index (χ3n) is 2.45. The van der Waals surface area contributed by atoms with Crippen molar-refractivity contribution < 1.29 is 4.74 Å². The summed E-state index contributed by atoms with van der Waals surface area (Å²) < 4.78 is 5.44. The lowest BCUT2D eigenvalue weighted by Crippen LogP contribution is -2.42. The Balaban J connectivity index is 2.00. The number of piperidine rings is 1. The molecule has 2 saturated heterocycles. The number of ether oxygens (including phenoxy) is 1. The van der Waals surface area contributed by atoms with Gasteiger partial charge in [0.2, 0.25) is 0 Å². The van der Waals surface area contributed by atoms with Crippen LogP contribution in [0.1, 0.15) is 13.3 Å². The molecule has 2 heterocycles. The van der Waals surface area contributed by atoms with Crippen molar-refractivity contribution in [3.8, 4) is 0 Å². The van der Waals surface area contributed by atoms with Gasteiger partial charge in [-0.1, -0.05) is 6.92 Å². The molecule has 58 valence electrons. The predicted molar refractivity (Wildman–Crippen MR) is 40.0 cm³/mol. The second kappa shape index (κ2) is 1.95. The van der Waals surface area contributed by atoms with E-state index in [1.165, 1.54) is 13.0 Å². The van der Waals surface area contributed by atoms with Crippen LogP contribution in [0.25, 0.3) is 0 Å². The van der Waals surface area contributed by atoms with Gasteiger partial charge in [0.25, 0.3) is 0 Å². The molecule has 2 rings (SSSR count).